The molecular weight excluding hydrogens is 1010 g/mol. The van der Waals surface area contributed by atoms with Crippen LogP contribution in [0.25, 0.3) is 0 Å². The minimum Gasteiger partial charge on any atom is -0.454 e. The molecule has 1 fully saturated rings. The van der Waals surface area contributed by atoms with Crippen molar-refractivity contribution in [1.82, 2.24) is 5.32 Å². The van der Waals surface area contributed by atoms with Gasteiger partial charge in [0.05, 0.1) is 25.4 Å². The van der Waals surface area contributed by atoms with Gasteiger partial charge < -0.3 is 45.1 Å². The number of nitrogens with one attached hydrogen (secondary N) is 1. The van der Waals surface area contributed by atoms with Crippen LogP contribution in [-0.2, 0) is 23.8 Å². The summed E-state index contributed by atoms with van der Waals surface area (Å²) in [6, 6.07) is -1.05. The third-order valence-electron chi connectivity index (χ3n) is 14.0. The van der Waals surface area contributed by atoms with E-state index in [9.17, 15) is 35.1 Å². The molecule has 0 aromatic carbocycles. The molecule has 8 unspecified atom stereocenters. The lowest BCUT2D eigenvalue weighted by Gasteiger charge is -2.41. The van der Waals surface area contributed by atoms with Gasteiger partial charge in [-0.25, -0.2) is 0 Å². The van der Waals surface area contributed by atoms with Gasteiger partial charge in [0, 0.05) is 6.42 Å². The molecule has 6 N–H and O–H groups in total. The number of carbonyl (C=O) groups excluding carboxylic acids is 2. The van der Waals surface area contributed by atoms with Crippen LogP contribution in [0.1, 0.15) is 233 Å². The van der Waals surface area contributed by atoms with Crippen LogP contribution < -0.4 is 5.32 Å². The molecule has 1 aliphatic rings. The third-order valence-corrected chi connectivity index (χ3v) is 14.0. The Bertz CT molecular complexity index is 1830. The molecule has 460 valence electrons. The largest absolute Gasteiger partial charge is 0.454 e. The van der Waals surface area contributed by atoms with Crippen LogP contribution in [0, 0.1) is 0 Å². The van der Waals surface area contributed by atoms with Gasteiger partial charge in [-0.1, -0.05) is 244 Å². The summed E-state index contributed by atoms with van der Waals surface area (Å²) < 4.78 is 17.6. The van der Waals surface area contributed by atoms with E-state index in [2.05, 4.69) is 148 Å². The molecule has 1 heterocycles. The Morgan fingerprint density at radius 1 is 0.494 bits per heavy atom. The first-order valence-corrected chi connectivity index (χ1v) is 32.0. The number of aliphatic hydroxyl groups is 5. The average Bonchev–Trinajstić information content (AvgIpc) is 3.46. The van der Waals surface area contributed by atoms with Crippen LogP contribution in [0.2, 0.25) is 0 Å². The zero-order chi connectivity index (χ0) is 58.9. The molecule has 8 atom stereocenters. The highest BCUT2D eigenvalue weighted by molar-refractivity contribution is 5.80. The first-order chi connectivity index (χ1) is 39.7. The summed E-state index contributed by atoms with van der Waals surface area (Å²) in [5, 5.41) is 57.1. The van der Waals surface area contributed by atoms with Gasteiger partial charge in [-0.05, 0) is 116 Å². The number of hydrogen-bond donors (Lipinski definition) is 6. The van der Waals surface area contributed by atoms with E-state index >= 15 is 0 Å². The van der Waals surface area contributed by atoms with Gasteiger partial charge in [0.15, 0.2) is 12.4 Å². The van der Waals surface area contributed by atoms with Crippen molar-refractivity contribution < 1.29 is 49.3 Å². The smallest absolute Gasteiger partial charge is 0.306 e. The topological polar surface area (TPSA) is 175 Å². The standard InChI is InChI=1S/C70H115NO10/c1-4-7-10-13-16-19-22-25-27-29-31-33-34-36-39-42-45-48-51-54-57-63(74)69(78)71-61(62(73)56-53-50-47-44-41-38-24-21-18-15-12-9-6-3)60-79-70-68(67(77)66(76)64(59-72)80-70)81-65(75)58-55-52-49-46-43-40-37-35-32-30-28-26-23-20-17-14-11-8-5-2/h7-8,10-11,16-17,19-20,25-28,31-33,35-36,39-40,43,53,56,61-64,66-68,70,72-74,76-77H,4-6,9,12-15,18,21-24,29-30,34,37-38,41-42,44-52,54-55,57-60H2,1-3H3,(H,71,78)/b10-7-,11-8-,19-16-,20-17-,27-25-,28-26-,33-31-,35-32-,39-36-,43-40-,56-53+. The quantitative estimate of drug-likeness (QED) is 0.0195. The Hall–Kier alpha value is -4.20. The van der Waals surface area contributed by atoms with Gasteiger partial charge >= 0.3 is 5.97 Å². The summed E-state index contributed by atoms with van der Waals surface area (Å²) in [7, 11) is 0. The number of rotatable bonds is 52. The van der Waals surface area contributed by atoms with Crippen molar-refractivity contribution in [3.63, 3.8) is 0 Å². The summed E-state index contributed by atoms with van der Waals surface area (Å²) in [6.07, 6.45) is 69.0. The zero-order valence-corrected chi connectivity index (χ0v) is 50.8. The minimum absolute atomic E-state index is 0.0740. The Morgan fingerprint density at radius 3 is 1.33 bits per heavy atom. The fourth-order valence-electron chi connectivity index (χ4n) is 9.06. The van der Waals surface area contributed by atoms with Crippen LogP contribution in [0.4, 0.5) is 0 Å². The molecule has 0 radical (unpaired) electrons. The number of esters is 1. The first kappa shape index (κ1) is 74.8. The number of carbonyl (C=O) groups is 2. The molecule has 0 saturated carbocycles. The fourth-order valence-corrected chi connectivity index (χ4v) is 9.06. The van der Waals surface area contributed by atoms with Gasteiger partial charge in [-0.3, -0.25) is 9.59 Å². The SMILES string of the molecule is CC/C=C\C/C=C\C/C=C\C/C=C\C/C=C\CCCCCCC(O)C(=O)NC(COC1OC(CO)C(O)C(O)C1OC(=O)CCCCC/C=C\C/C=C\C/C=C\C/C=C\C/C=C\CC)C(O)/C=C/CCCCCCCCCCCCC. The highest BCUT2D eigenvalue weighted by atomic mass is 16.7. The van der Waals surface area contributed by atoms with E-state index < -0.39 is 67.4 Å². The number of ether oxygens (including phenoxy) is 3. The minimum atomic E-state index is -1.64. The summed E-state index contributed by atoms with van der Waals surface area (Å²) in [5.41, 5.74) is 0. The molecule has 1 rings (SSSR count). The molecule has 0 spiro atoms. The average molecular weight is 1130 g/mol. The third kappa shape index (κ3) is 44.1. The van der Waals surface area contributed by atoms with E-state index in [0.717, 1.165) is 135 Å². The van der Waals surface area contributed by atoms with E-state index in [-0.39, 0.29) is 19.4 Å². The van der Waals surface area contributed by atoms with E-state index in [0.29, 0.717) is 12.8 Å². The molecule has 0 aromatic heterocycles. The number of allylic oxidation sites excluding steroid dienone is 21. The predicted molar refractivity (Wildman–Crippen MR) is 337 cm³/mol. The number of unbranched alkanes of at least 4 members (excludes halogenated alkanes) is 18. The highest BCUT2D eigenvalue weighted by Gasteiger charge is 2.47. The Labute approximate surface area is 493 Å². The lowest BCUT2D eigenvalue weighted by molar-refractivity contribution is -0.305. The van der Waals surface area contributed by atoms with Crippen LogP contribution in [0.3, 0.4) is 0 Å². The molecule has 0 bridgehead atoms. The molecule has 1 saturated heterocycles. The van der Waals surface area contributed by atoms with Gasteiger partial charge in [0.25, 0.3) is 0 Å². The predicted octanol–water partition coefficient (Wildman–Crippen LogP) is 15.6. The molecule has 81 heavy (non-hydrogen) atoms. The van der Waals surface area contributed by atoms with Crippen LogP contribution in [-0.4, -0.2) is 99.6 Å². The molecular formula is C70H115NO10. The van der Waals surface area contributed by atoms with Crippen molar-refractivity contribution in [3.05, 3.63) is 134 Å². The van der Waals surface area contributed by atoms with Crippen molar-refractivity contribution in [1.29, 1.82) is 0 Å². The lowest BCUT2D eigenvalue weighted by Crippen LogP contribution is -2.61. The molecule has 1 aliphatic heterocycles. The number of hydrogen-bond acceptors (Lipinski definition) is 10. The molecule has 11 nitrogen and oxygen atoms in total. The summed E-state index contributed by atoms with van der Waals surface area (Å²) in [4.78, 5) is 26.6. The Morgan fingerprint density at radius 2 is 0.889 bits per heavy atom. The zero-order valence-electron chi connectivity index (χ0n) is 50.8. The number of aliphatic hydroxyl groups excluding tert-OH is 5. The maximum absolute atomic E-state index is 13.4. The van der Waals surface area contributed by atoms with Crippen LogP contribution in [0.15, 0.2) is 134 Å². The second-order valence-electron chi connectivity index (χ2n) is 21.4. The van der Waals surface area contributed by atoms with E-state index in [1.54, 1.807) is 6.08 Å². The van der Waals surface area contributed by atoms with Crippen molar-refractivity contribution in [2.75, 3.05) is 13.2 Å². The fraction of sp³-hybridized carbons (Fsp3) is 0.657. The lowest BCUT2D eigenvalue weighted by atomic mass is 9.99. The van der Waals surface area contributed by atoms with E-state index in [4.69, 9.17) is 14.2 Å². The van der Waals surface area contributed by atoms with E-state index in [1.165, 1.54) is 51.4 Å². The Kier molecular flexibility index (Phi) is 52.0. The summed E-state index contributed by atoms with van der Waals surface area (Å²) >= 11 is 0. The maximum Gasteiger partial charge on any atom is 0.306 e. The highest BCUT2D eigenvalue weighted by Crippen LogP contribution is 2.26. The van der Waals surface area contributed by atoms with Gasteiger partial charge in [-0.2, -0.15) is 0 Å². The van der Waals surface area contributed by atoms with Crippen LogP contribution in [0.5, 0.6) is 0 Å². The van der Waals surface area contributed by atoms with Gasteiger partial charge in [-0.15, -0.1) is 0 Å². The molecule has 1 amide bonds. The summed E-state index contributed by atoms with van der Waals surface area (Å²) in [6.45, 7) is 5.52. The molecule has 0 aromatic rings. The van der Waals surface area contributed by atoms with Gasteiger partial charge in [0.1, 0.15) is 24.4 Å². The maximum atomic E-state index is 13.4. The number of amides is 1. The first-order valence-electron chi connectivity index (χ1n) is 32.0. The molecule has 0 aliphatic carbocycles. The summed E-state index contributed by atoms with van der Waals surface area (Å²) in [5.74, 6) is -1.26. The monoisotopic (exact) mass is 1130 g/mol. The van der Waals surface area contributed by atoms with Gasteiger partial charge in [0.2, 0.25) is 5.91 Å². The second-order valence-corrected chi connectivity index (χ2v) is 21.4. The van der Waals surface area contributed by atoms with Crippen molar-refractivity contribution >= 4 is 11.9 Å². The molecule has 11 heteroatoms. The van der Waals surface area contributed by atoms with Crippen LogP contribution >= 0.6 is 0 Å². The van der Waals surface area contributed by atoms with Crippen molar-refractivity contribution in [3.8, 4) is 0 Å². The normalized spacial score (nSPS) is 19.6. The Balaban J connectivity index is 2.73. The second kappa shape index (κ2) is 56.3. The van der Waals surface area contributed by atoms with E-state index in [1.807, 2.05) is 6.08 Å². The van der Waals surface area contributed by atoms with Crippen molar-refractivity contribution in [2.24, 2.45) is 0 Å². The van der Waals surface area contributed by atoms with Crippen molar-refractivity contribution in [2.45, 2.75) is 282 Å².